The molecule has 0 radical (unpaired) electrons. The quantitative estimate of drug-likeness (QED) is 0.825. The average molecular weight is 353 g/mol. The molecule has 2 fully saturated rings. The highest BCUT2D eigenvalue weighted by molar-refractivity contribution is 5.96. The fourth-order valence-corrected chi connectivity index (χ4v) is 4.09. The molecule has 1 aliphatic carbocycles. The number of ketones is 1. The molecule has 1 aromatic carbocycles. The molecule has 1 N–H and O–H groups in total. The van der Waals surface area contributed by atoms with Gasteiger partial charge in [0.25, 0.3) is 0 Å². The normalized spacial score (nSPS) is 20.4. The summed E-state index contributed by atoms with van der Waals surface area (Å²) in [6.45, 7) is 6.44. The van der Waals surface area contributed by atoms with Crippen LogP contribution in [0.2, 0.25) is 0 Å². The average Bonchev–Trinajstić information content (AvgIpc) is 2.58. The molecule has 2 aliphatic rings. The Morgan fingerprint density at radius 3 is 2.75 bits per heavy atom. The fourth-order valence-electron chi connectivity index (χ4n) is 4.09. The molecule has 1 aliphatic heterocycles. The molecule has 4 nitrogen and oxygen atoms in total. The van der Waals surface area contributed by atoms with Crippen LogP contribution in [0.1, 0.15) is 49.4 Å². The van der Waals surface area contributed by atoms with Gasteiger partial charge in [-0.05, 0) is 31.9 Å². The van der Waals surface area contributed by atoms with E-state index in [0.29, 0.717) is 23.5 Å². The van der Waals surface area contributed by atoms with Gasteiger partial charge in [0.1, 0.15) is 12.4 Å². The highest BCUT2D eigenvalue weighted by Crippen LogP contribution is 2.34. The van der Waals surface area contributed by atoms with E-state index in [1.807, 2.05) is 24.3 Å². The number of nitrogens with zero attached hydrogens (tertiary/aromatic N) is 1. The number of ether oxygens (including phenoxy) is 1. The largest absolute Gasteiger partial charge is 0.491 e. The second-order valence-electron chi connectivity index (χ2n) is 6.85. The second-order valence-corrected chi connectivity index (χ2v) is 6.85. The lowest BCUT2D eigenvalue weighted by Crippen LogP contribution is -2.62. The van der Waals surface area contributed by atoms with Crippen molar-refractivity contribution in [2.45, 2.75) is 44.6 Å². The topological polar surface area (TPSA) is 41.6 Å². The number of rotatable bonds is 5. The summed E-state index contributed by atoms with van der Waals surface area (Å²) in [6, 6.07) is 7.54. The number of nitrogens with one attached hydrogen (secondary N) is 1. The molecule has 1 heterocycles. The number of Topliss-reactive ketones (excluding diaryl/α,β-unsaturated/α-hetero) is 1. The maximum Gasteiger partial charge on any atom is 0.163 e. The third-order valence-electron chi connectivity index (χ3n) is 5.35. The van der Waals surface area contributed by atoms with E-state index in [1.54, 1.807) is 6.92 Å². The molecule has 0 amide bonds. The van der Waals surface area contributed by atoms with Gasteiger partial charge in [0.2, 0.25) is 0 Å². The Morgan fingerprint density at radius 2 is 2.00 bits per heavy atom. The molecule has 5 heteroatoms. The Labute approximate surface area is 151 Å². The summed E-state index contributed by atoms with van der Waals surface area (Å²) >= 11 is 0. The maximum absolute atomic E-state index is 11.7. The van der Waals surface area contributed by atoms with E-state index >= 15 is 0 Å². The number of para-hydroxylation sites is 1. The summed E-state index contributed by atoms with van der Waals surface area (Å²) in [4.78, 5) is 14.3. The molecule has 0 atom stereocenters. The number of benzene rings is 1. The smallest absolute Gasteiger partial charge is 0.163 e. The number of halogens is 1. The van der Waals surface area contributed by atoms with Gasteiger partial charge in [-0.3, -0.25) is 9.69 Å². The lowest BCUT2D eigenvalue weighted by Gasteiger charge is -2.49. The molecule has 0 aromatic heterocycles. The van der Waals surface area contributed by atoms with Gasteiger partial charge < -0.3 is 10.1 Å². The van der Waals surface area contributed by atoms with Crippen LogP contribution in [0.5, 0.6) is 5.75 Å². The Kier molecular flexibility index (Phi) is 7.08. The van der Waals surface area contributed by atoms with E-state index in [2.05, 4.69) is 10.2 Å². The van der Waals surface area contributed by atoms with Crippen LogP contribution in [-0.2, 0) is 0 Å². The van der Waals surface area contributed by atoms with Gasteiger partial charge >= 0.3 is 0 Å². The third kappa shape index (κ3) is 4.29. The van der Waals surface area contributed by atoms with E-state index in [0.717, 1.165) is 26.2 Å². The van der Waals surface area contributed by atoms with Crippen LogP contribution in [0, 0.1) is 0 Å². The second kappa shape index (κ2) is 8.84. The molecule has 1 saturated heterocycles. The van der Waals surface area contributed by atoms with E-state index in [9.17, 15) is 4.79 Å². The fraction of sp³-hybridized carbons (Fsp3) is 0.632. The first kappa shape index (κ1) is 19.2. The van der Waals surface area contributed by atoms with Gasteiger partial charge in [-0.15, -0.1) is 12.4 Å². The first-order valence-corrected chi connectivity index (χ1v) is 8.90. The zero-order valence-electron chi connectivity index (χ0n) is 14.6. The van der Waals surface area contributed by atoms with Gasteiger partial charge in [0, 0.05) is 31.7 Å². The lowest BCUT2D eigenvalue weighted by atomic mass is 9.79. The zero-order valence-corrected chi connectivity index (χ0v) is 15.4. The van der Waals surface area contributed by atoms with Crippen molar-refractivity contribution in [3.63, 3.8) is 0 Å². The zero-order chi connectivity index (χ0) is 16.1. The monoisotopic (exact) mass is 352 g/mol. The molecule has 0 unspecified atom stereocenters. The first-order valence-electron chi connectivity index (χ1n) is 8.90. The van der Waals surface area contributed by atoms with Crippen LogP contribution >= 0.6 is 12.4 Å². The van der Waals surface area contributed by atoms with Gasteiger partial charge in [0.15, 0.2) is 5.78 Å². The number of piperazine rings is 1. The van der Waals surface area contributed by atoms with Crippen LogP contribution in [0.4, 0.5) is 0 Å². The minimum atomic E-state index is 0. The summed E-state index contributed by atoms with van der Waals surface area (Å²) in [6.07, 6.45) is 6.64. The Bertz CT molecular complexity index is 536. The van der Waals surface area contributed by atoms with Crippen molar-refractivity contribution in [2.75, 3.05) is 32.8 Å². The van der Waals surface area contributed by atoms with E-state index in [4.69, 9.17) is 4.74 Å². The van der Waals surface area contributed by atoms with Crippen molar-refractivity contribution in [1.82, 2.24) is 10.2 Å². The molecule has 134 valence electrons. The number of carbonyl (C=O) groups excluding carboxylic acids is 1. The summed E-state index contributed by atoms with van der Waals surface area (Å²) in [5, 5.41) is 3.58. The van der Waals surface area contributed by atoms with E-state index in [1.165, 1.54) is 32.1 Å². The van der Waals surface area contributed by atoms with Crippen molar-refractivity contribution in [3.8, 4) is 5.75 Å². The molecular formula is C19H29ClN2O2. The molecule has 1 saturated carbocycles. The highest BCUT2D eigenvalue weighted by Gasteiger charge is 2.39. The predicted molar refractivity (Wildman–Crippen MR) is 99.4 cm³/mol. The summed E-state index contributed by atoms with van der Waals surface area (Å²) in [7, 11) is 0. The van der Waals surface area contributed by atoms with Gasteiger partial charge in [0.05, 0.1) is 5.56 Å². The number of carbonyl (C=O) groups is 1. The number of hydrogen-bond donors (Lipinski definition) is 1. The van der Waals surface area contributed by atoms with Crippen LogP contribution in [0.15, 0.2) is 24.3 Å². The summed E-state index contributed by atoms with van der Waals surface area (Å²) in [5.41, 5.74) is 1.01. The Morgan fingerprint density at radius 1 is 1.25 bits per heavy atom. The van der Waals surface area contributed by atoms with Crippen molar-refractivity contribution in [3.05, 3.63) is 29.8 Å². The van der Waals surface area contributed by atoms with Crippen molar-refractivity contribution >= 4 is 18.2 Å². The molecule has 1 spiro atoms. The number of hydrogen-bond acceptors (Lipinski definition) is 4. The highest BCUT2D eigenvalue weighted by atomic mass is 35.5. The summed E-state index contributed by atoms with van der Waals surface area (Å²) in [5.74, 6) is 0.777. The van der Waals surface area contributed by atoms with Crippen LogP contribution in [0.3, 0.4) is 0 Å². The van der Waals surface area contributed by atoms with Gasteiger partial charge in [-0.2, -0.15) is 0 Å². The standard InChI is InChI=1S/C19H28N2O2.ClH/c1-16(22)17-7-3-4-8-18(17)23-14-13-21-12-11-20-15-19(21)9-5-2-6-10-19;/h3-4,7-8,20H,2,5-6,9-15H2,1H3;1H. The Balaban J connectivity index is 0.00000208. The van der Waals surface area contributed by atoms with E-state index < -0.39 is 0 Å². The van der Waals surface area contributed by atoms with Crippen LogP contribution < -0.4 is 10.1 Å². The maximum atomic E-state index is 11.7. The van der Waals surface area contributed by atoms with Crippen molar-refractivity contribution in [1.29, 1.82) is 0 Å². The minimum Gasteiger partial charge on any atom is -0.491 e. The Hall–Kier alpha value is -1.10. The van der Waals surface area contributed by atoms with Crippen LogP contribution in [0.25, 0.3) is 0 Å². The third-order valence-corrected chi connectivity index (χ3v) is 5.35. The molecule has 1 aromatic rings. The molecule has 0 bridgehead atoms. The lowest BCUT2D eigenvalue weighted by molar-refractivity contribution is 0.0182. The van der Waals surface area contributed by atoms with E-state index in [-0.39, 0.29) is 18.2 Å². The molecular weight excluding hydrogens is 324 g/mol. The van der Waals surface area contributed by atoms with Gasteiger partial charge in [-0.25, -0.2) is 0 Å². The van der Waals surface area contributed by atoms with Crippen molar-refractivity contribution < 1.29 is 9.53 Å². The van der Waals surface area contributed by atoms with Gasteiger partial charge in [-0.1, -0.05) is 31.4 Å². The minimum absolute atomic E-state index is 0. The van der Waals surface area contributed by atoms with Crippen LogP contribution in [-0.4, -0.2) is 49.0 Å². The molecule has 3 rings (SSSR count). The molecule has 24 heavy (non-hydrogen) atoms. The SMILES string of the molecule is CC(=O)c1ccccc1OCCN1CCNCC12CCCCC2.Cl. The predicted octanol–water partition coefficient (Wildman–Crippen LogP) is 3.30. The first-order chi connectivity index (χ1) is 11.2. The summed E-state index contributed by atoms with van der Waals surface area (Å²) < 4.78 is 5.95. The van der Waals surface area contributed by atoms with Crippen molar-refractivity contribution in [2.24, 2.45) is 0 Å².